The molecule has 0 radical (unpaired) electrons. The lowest BCUT2D eigenvalue weighted by molar-refractivity contribution is 1.19. The standard InChI is InChI=1S/C9H10ClN.ClH/c1-8-4-5-9(7-11-8)3-2-6-10;/h2-5,7H,6H2,1H3;1H. The summed E-state index contributed by atoms with van der Waals surface area (Å²) in [6.07, 6.45) is 5.69. The summed E-state index contributed by atoms with van der Waals surface area (Å²) in [6.45, 7) is 1.97. The molecule has 0 amide bonds. The molecule has 0 N–H and O–H groups in total. The Morgan fingerprint density at radius 2 is 2.25 bits per heavy atom. The van der Waals surface area contributed by atoms with E-state index in [2.05, 4.69) is 4.98 Å². The molecule has 0 aromatic carbocycles. The van der Waals surface area contributed by atoms with Crippen LogP contribution in [0.3, 0.4) is 0 Å². The minimum atomic E-state index is 0. The van der Waals surface area contributed by atoms with E-state index in [0.29, 0.717) is 5.88 Å². The zero-order chi connectivity index (χ0) is 8.10. The second kappa shape index (κ2) is 6.04. The number of hydrogen-bond acceptors (Lipinski definition) is 1. The van der Waals surface area contributed by atoms with Crippen LogP contribution < -0.4 is 0 Å². The minimum absolute atomic E-state index is 0. The van der Waals surface area contributed by atoms with E-state index in [-0.39, 0.29) is 12.4 Å². The van der Waals surface area contributed by atoms with Crippen LogP contribution in [0.15, 0.2) is 24.4 Å². The van der Waals surface area contributed by atoms with Crippen molar-refractivity contribution in [3.05, 3.63) is 35.7 Å². The molecule has 3 heteroatoms. The number of halogens is 2. The van der Waals surface area contributed by atoms with E-state index in [9.17, 15) is 0 Å². The minimum Gasteiger partial charge on any atom is -0.261 e. The van der Waals surface area contributed by atoms with E-state index in [1.807, 2.05) is 37.4 Å². The first-order chi connectivity index (χ1) is 5.33. The van der Waals surface area contributed by atoms with Gasteiger partial charge in [-0.25, -0.2) is 0 Å². The zero-order valence-electron chi connectivity index (χ0n) is 6.83. The predicted octanol–water partition coefficient (Wildman–Crippen LogP) is 3.06. The maximum absolute atomic E-state index is 5.48. The van der Waals surface area contributed by atoms with Crippen LogP contribution in [0.5, 0.6) is 0 Å². The Kier molecular flexibility index (Phi) is 5.77. The zero-order valence-corrected chi connectivity index (χ0v) is 8.40. The molecule has 1 aromatic rings. The first-order valence-corrected chi connectivity index (χ1v) is 4.01. The van der Waals surface area contributed by atoms with E-state index < -0.39 is 0 Å². The molecule has 0 aliphatic rings. The Bertz CT molecular complexity index is 241. The van der Waals surface area contributed by atoms with Crippen LogP contribution in [0.25, 0.3) is 6.08 Å². The van der Waals surface area contributed by atoms with Crippen molar-refractivity contribution >= 4 is 30.1 Å². The van der Waals surface area contributed by atoms with Crippen molar-refractivity contribution in [1.29, 1.82) is 0 Å². The number of nitrogens with zero attached hydrogens (tertiary/aromatic N) is 1. The third kappa shape index (κ3) is 3.74. The summed E-state index contributed by atoms with van der Waals surface area (Å²) < 4.78 is 0. The number of rotatable bonds is 2. The van der Waals surface area contributed by atoms with Gasteiger partial charge >= 0.3 is 0 Å². The molecule has 0 aliphatic heterocycles. The van der Waals surface area contributed by atoms with Crippen LogP contribution in [-0.4, -0.2) is 10.9 Å². The second-order valence-corrected chi connectivity index (χ2v) is 2.60. The Hall–Kier alpha value is -0.530. The number of hydrogen-bond donors (Lipinski definition) is 0. The summed E-state index contributed by atoms with van der Waals surface area (Å²) in [5.41, 5.74) is 2.13. The third-order valence-corrected chi connectivity index (χ3v) is 1.51. The molecule has 0 saturated carbocycles. The molecule has 0 atom stereocenters. The van der Waals surface area contributed by atoms with Crippen LogP contribution in [0.2, 0.25) is 0 Å². The molecule has 12 heavy (non-hydrogen) atoms. The monoisotopic (exact) mass is 203 g/mol. The first-order valence-electron chi connectivity index (χ1n) is 3.48. The van der Waals surface area contributed by atoms with Crippen molar-refractivity contribution in [3.63, 3.8) is 0 Å². The van der Waals surface area contributed by atoms with Crippen molar-refractivity contribution in [2.75, 3.05) is 5.88 Å². The fourth-order valence-electron chi connectivity index (χ4n) is 0.758. The van der Waals surface area contributed by atoms with Crippen LogP contribution in [0.1, 0.15) is 11.3 Å². The summed E-state index contributed by atoms with van der Waals surface area (Å²) in [7, 11) is 0. The quantitative estimate of drug-likeness (QED) is 0.674. The fraction of sp³-hybridized carbons (Fsp3) is 0.222. The number of allylic oxidation sites excluding steroid dienone is 1. The van der Waals surface area contributed by atoms with Crippen LogP contribution in [-0.2, 0) is 0 Å². The molecule has 1 rings (SSSR count). The van der Waals surface area contributed by atoms with Crippen LogP contribution in [0.4, 0.5) is 0 Å². The Labute approximate surface area is 83.9 Å². The summed E-state index contributed by atoms with van der Waals surface area (Å²) in [5, 5.41) is 0. The molecular formula is C9H11Cl2N. The van der Waals surface area contributed by atoms with Crippen molar-refractivity contribution in [2.45, 2.75) is 6.92 Å². The van der Waals surface area contributed by atoms with E-state index in [1.165, 1.54) is 0 Å². The van der Waals surface area contributed by atoms with Crippen LogP contribution >= 0.6 is 24.0 Å². The van der Waals surface area contributed by atoms with Gasteiger partial charge in [0.05, 0.1) is 0 Å². The molecule has 0 saturated heterocycles. The highest BCUT2D eigenvalue weighted by Crippen LogP contribution is 2.01. The Morgan fingerprint density at radius 3 is 2.75 bits per heavy atom. The van der Waals surface area contributed by atoms with E-state index in [1.54, 1.807) is 0 Å². The van der Waals surface area contributed by atoms with Crippen LogP contribution in [0, 0.1) is 6.92 Å². The topological polar surface area (TPSA) is 12.9 Å². The third-order valence-electron chi connectivity index (χ3n) is 1.33. The van der Waals surface area contributed by atoms with Crippen molar-refractivity contribution in [3.8, 4) is 0 Å². The maximum atomic E-state index is 5.48. The fourth-order valence-corrected chi connectivity index (χ4v) is 0.848. The second-order valence-electron chi connectivity index (χ2n) is 2.29. The van der Waals surface area contributed by atoms with Gasteiger partial charge in [-0.3, -0.25) is 4.98 Å². The SMILES string of the molecule is Cc1ccc(C=CCCl)cn1.Cl. The average molecular weight is 204 g/mol. The van der Waals surface area contributed by atoms with Gasteiger partial charge < -0.3 is 0 Å². The summed E-state index contributed by atoms with van der Waals surface area (Å²) in [5.74, 6) is 0.549. The van der Waals surface area contributed by atoms with Gasteiger partial charge in [-0.05, 0) is 18.6 Å². The molecule has 0 unspecified atom stereocenters. The van der Waals surface area contributed by atoms with Gasteiger partial charge in [-0.15, -0.1) is 24.0 Å². The smallest absolute Gasteiger partial charge is 0.0407 e. The lowest BCUT2D eigenvalue weighted by Gasteiger charge is -1.92. The number of alkyl halides is 1. The molecule has 1 nitrogen and oxygen atoms in total. The van der Waals surface area contributed by atoms with Gasteiger partial charge in [-0.1, -0.05) is 18.2 Å². The largest absolute Gasteiger partial charge is 0.261 e. The van der Waals surface area contributed by atoms with Gasteiger partial charge in [0.2, 0.25) is 0 Å². The highest BCUT2D eigenvalue weighted by Gasteiger charge is 1.85. The first kappa shape index (κ1) is 11.5. The number of pyridine rings is 1. The Balaban J connectivity index is 0.00000121. The molecule has 1 aromatic heterocycles. The highest BCUT2D eigenvalue weighted by atomic mass is 35.5. The highest BCUT2D eigenvalue weighted by molar-refractivity contribution is 6.19. The molecule has 0 aliphatic carbocycles. The summed E-state index contributed by atoms with van der Waals surface area (Å²) in [6, 6.07) is 4.00. The molecule has 66 valence electrons. The maximum Gasteiger partial charge on any atom is 0.0407 e. The molecule has 1 heterocycles. The van der Waals surface area contributed by atoms with Crippen molar-refractivity contribution in [2.24, 2.45) is 0 Å². The van der Waals surface area contributed by atoms with Crippen molar-refractivity contribution < 1.29 is 0 Å². The summed E-state index contributed by atoms with van der Waals surface area (Å²) >= 11 is 5.48. The van der Waals surface area contributed by atoms with E-state index >= 15 is 0 Å². The van der Waals surface area contributed by atoms with Gasteiger partial charge in [0, 0.05) is 17.8 Å². The van der Waals surface area contributed by atoms with Gasteiger partial charge in [0.15, 0.2) is 0 Å². The van der Waals surface area contributed by atoms with Gasteiger partial charge in [0.25, 0.3) is 0 Å². The van der Waals surface area contributed by atoms with E-state index in [0.717, 1.165) is 11.3 Å². The lowest BCUT2D eigenvalue weighted by atomic mass is 10.2. The van der Waals surface area contributed by atoms with Gasteiger partial charge in [0.1, 0.15) is 0 Å². The lowest BCUT2D eigenvalue weighted by Crippen LogP contribution is -1.79. The number of aryl methyl sites for hydroxylation is 1. The number of aromatic nitrogens is 1. The van der Waals surface area contributed by atoms with E-state index in [4.69, 9.17) is 11.6 Å². The van der Waals surface area contributed by atoms with Crippen molar-refractivity contribution in [1.82, 2.24) is 4.98 Å². The average Bonchev–Trinajstić information content (AvgIpc) is 2.04. The normalized spacial score (nSPS) is 9.83. The molecule has 0 bridgehead atoms. The summed E-state index contributed by atoms with van der Waals surface area (Å²) in [4.78, 5) is 4.14. The Morgan fingerprint density at radius 1 is 1.50 bits per heavy atom. The molecular weight excluding hydrogens is 193 g/mol. The molecule has 0 spiro atoms. The molecule has 0 fully saturated rings. The predicted molar refractivity (Wildman–Crippen MR) is 56.0 cm³/mol. The van der Waals surface area contributed by atoms with Gasteiger partial charge in [-0.2, -0.15) is 0 Å².